The minimum absolute atomic E-state index is 0.478. The summed E-state index contributed by atoms with van der Waals surface area (Å²) in [6.07, 6.45) is 3.67. The molecule has 0 radical (unpaired) electrons. The summed E-state index contributed by atoms with van der Waals surface area (Å²) in [5.74, 6) is 0.681. The number of benzene rings is 2. The van der Waals surface area contributed by atoms with Crippen LogP contribution in [0.3, 0.4) is 0 Å². The van der Waals surface area contributed by atoms with E-state index >= 15 is 0 Å². The third kappa shape index (κ3) is 2.53. The second-order valence-corrected chi connectivity index (χ2v) is 6.48. The highest BCUT2D eigenvalue weighted by Gasteiger charge is 2.12. The summed E-state index contributed by atoms with van der Waals surface area (Å²) in [4.78, 5) is 7.76. The van der Waals surface area contributed by atoms with Gasteiger partial charge in [-0.2, -0.15) is 0 Å². The lowest BCUT2D eigenvalue weighted by atomic mass is 10.1. The minimum atomic E-state index is 0.478. The molecular weight excluding hydrogens is 361 g/mol. The van der Waals surface area contributed by atoms with Crippen molar-refractivity contribution in [3.8, 4) is 22.4 Å². The maximum atomic E-state index is 6.33. The fourth-order valence-corrected chi connectivity index (χ4v) is 3.33. The van der Waals surface area contributed by atoms with Crippen LogP contribution in [0.15, 0.2) is 60.9 Å². The Balaban J connectivity index is 1.93. The first-order chi connectivity index (χ1) is 11.6. The Hall–Kier alpha value is -2.14. The van der Waals surface area contributed by atoms with Crippen LogP contribution >= 0.6 is 35.4 Å². The van der Waals surface area contributed by atoms with Crippen molar-refractivity contribution in [3.63, 3.8) is 0 Å². The molecule has 0 saturated heterocycles. The second kappa shape index (κ2) is 6.06. The lowest BCUT2D eigenvalue weighted by Crippen LogP contribution is -1.93. The van der Waals surface area contributed by atoms with E-state index in [1.807, 2.05) is 53.1 Å². The molecule has 4 rings (SSSR count). The van der Waals surface area contributed by atoms with E-state index < -0.39 is 0 Å². The van der Waals surface area contributed by atoms with Crippen LogP contribution in [-0.4, -0.2) is 14.4 Å². The van der Waals surface area contributed by atoms with E-state index in [9.17, 15) is 0 Å². The summed E-state index contributed by atoms with van der Waals surface area (Å²) in [6, 6.07) is 15.5. The second-order valence-electron chi connectivity index (χ2n) is 5.31. The van der Waals surface area contributed by atoms with Crippen molar-refractivity contribution in [2.45, 2.75) is 0 Å². The number of aromatic nitrogens is 3. The summed E-state index contributed by atoms with van der Waals surface area (Å²) < 4.78 is 2.48. The Morgan fingerprint density at radius 1 is 0.958 bits per heavy atom. The SMILES string of the molecule is S=c1c(-c2cccc(Cl)c2Cl)cnc2[nH]c(-c3ccccc3)cn12. The van der Waals surface area contributed by atoms with Gasteiger partial charge in [0.15, 0.2) is 0 Å². The number of hydrogen-bond donors (Lipinski definition) is 1. The lowest BCUT2D eigenvalue weighted by Gasteiger charge is -2.06. The number of nitrogens with zero attached hydrogens (tertiary/aromatic N) is 2. The maximum absolute atomic E-state index is 6.33. The summed E-state index contributed by atoms with van der Waals surface area (Å²) in [5, 5.41) is 0.971. The number of aromatic amines is 1. The number of nitrogens with one attached hydrogen (secondary N) is 1. The minimum Gasteiger partial charge on any atom is -0.323 e. The number of rotatable bonds is 2. The topological polar surface area (TPSA) is 33.1 Å². The van der Waals surface area contributed by atoms with Crippen LogP contribution < -0.4 is 0 Å². The molecule has 118 valence electrons. The van der Waals surface area contributed by atoms with Gasteiger partial charge >= 0.3 is 0 Å². The molecule has 0 bridgehead atoms. The quantitative estimate of drug-likeness (QED) is 0.436. The summed E-state index contributed by atoms with van der Waals surface area (Å²) >= 11 is 18.1. The van der Waals surface area contributed by atoms with Crippen molar-refractivity contribution in [2.75, 3.05) is 0 Å². The Morgan fingerprint density at radius 2 is 1.75 bits per heavy atom. The van der Waals surface area contributed by atoms with E-state index in [2.05, 4.69) is 9.97 Å². The smallest absolute Gasteiger partial charge is 0.212 e. The number of halogens is 2. The molecule has 0 saturated carbocycles. The van der Waals surface area contributed by atoms with Gasteiger partial charge in [0.1, 0.15) is 4.64 Å². The standard InChI is InChI=1S/C18H11Cl2N3S/c19-14-8-4-7-12(16(14)20)13-9-21-18-22-15(10-23(18)17(13)24)11-5-2-1-3-6-11/h1-10H,(H,21,22). The van der Waals surface area contributed by atoms with Crippen LogP contribution in [-0.2, 0) is 0 Å². The molecule has 0 fully saturated rings. The molecule has 0 atom stereocenters. The van der Waals surface area contributed by atoms with Gasteiger partial charge in [-0.05, 0) is 11.6 Å². The molecular formula is C18H11Cl2N3S. The highest BCUT2D eigenvalue weighted by molar-refractivity contribution is 7.71. The summed E-state index contributed by atoms with van der Waals surface area (Å²) in [5.41, 5.74) is 3.57. The predicted octanol–water partition coefficient (Wildman–Crippen LogP) is 6.03. The molecule has 0 aliphatic heterocycles. The van der Waals surface area contributed by atoms with Gasteiger partial charge in [0.2, 0.25) is 5.78 Å². The average Bonchev–Trinajstić information content (AvgIpc) is 3.04. The largest absolute Gasteiger partial charge is 0.323 e. The van der Waals surface area contributed by atoms with E-state index in [4.69, 9.17) is 35.4 Å². The highest BCUT2D eigenvalue weighted by Crippen LogP contribution is 2.34. The van der Waals surface area contributed by atoms with Crippen LogP contribution in [0.1, 0.15) is 0 Å². The highest BCUT2D eigenvalue weighted by atomic mass is 35.5. The first-order valence-corrected chi connectivity index (χ1v) is 8.42. The number of H-pyrrole nitrogens is 1. The normalized spacial score (nSPS) is 11.1. The molecule has 0 unspecified atom stereocenters. The average molecular weight is 372 g/mol. The zero-order valence-electron chi connectivity index (χ0n) is 12.3. The van der Waals surface area contributed by atoms with Crippen LogP contribution in [0.4, 0.5) is 0 Å². The van der Waals surface area contributed by atoms with E-state index in [-0.39, 0.29) is 0 Å². The molecule has 2 aromatic heterocycles. The molecule has 6 heteroatoms. The van der Waals surface area contributed by atoms with Gasteiger partial charge in [-0.25, -0.2) is 4.98 Å². The first-order valence-electron chi connectivity index (χ1n) is 7.25. The van der Waals surface area contributed by atoms with Gasteiger partial charge in [0.05, 0.1) is 15.7 Å². The van der Waals surface area contributed by atoms with Crippen LogP contribution in [0.25, 0.3) is 28.2 Å². The Kier molecular flexibility index (Phi) is 3.88. The third-order valence-corrected chi connectivity index (χ3v) is 5.06. The molecule has 2 aromatic carbocycles. The number of hydrogen-bond acceptors (Lipinski definition) is 2. The van der Waals surface area contributed by atoms with Gasteiger partial charge in [-0.3, -0.25) is 4.40 Å². The van der Waals surface area contributed by atoms with Crippen molar-refractivity contribution in [1.29, 1.82) is 0 Å². The van der Waals surface area contributed by atoms with Crippen molar-refractivity contribution in [1.82, 2.24) is 14.4 Å². The molecule has 0 amide bonds. The molecule has 3 nitrogen and oxygen atoms in total. The van der Waals surface area contributed by atoms with E-state index in [1.165, 1.54) is 0 Å². The predicted molar refractivity (Wildman–Crippen MR) is 101 cm³/mol. The number of imidazole rings is 1. The maximum Gasteiger partial charge on any atom is 0.212 e. The van der Waals surface area contributed by atoms with E-state index in [0.29, 0.717) is 20.5 Å². The van der Waals surface area contributed by atoms with Gasteiger partial charge in [0, 0.05) is 23.5 Å². The Bertz CT molecular complexity index is 1100. The van der Waals surface area contributed by atoms with Crippen LogP contribution in [0, 0.1) is 4.64 Å². The zero-order chi connectivity index (χ0) is 16.7. The summed E-state index contributed by atoms with van der Waals surface area (Å²) in [6.45, 7) is 0. The zero-order valence-corrected chi connectivity index (χ0v) is 14.7. The fourth-order valence-electron chi connectivity index (χ4n) is 2.62. The molecule has 2 heterocycles. The van der Waals surface area contributed by atoms with Crippen molar-refractivity contribution >= 4 is 41.2 Å². The molecule has 24 heavy (non-hydrogen) atoms. The molecule has 4 aromatic rings. The fraction of sp³-hybridized carbons (Fsp3) is 0. The van der Waals surface area contributed by atoms with Crippen molar-refractivity contribution < 1.29 is 0 Å². The summed E-state index contributed by atoms with van der Waals surface area (Å²) in [7, 11) is 0. The van der Waals surface area contributed by atoms with Gasteiger partial charge in [-0.15, -0.1) is 0 Å². The van der Waals surface area contributed by atoms with Gasteiger partial charge in [0.25, 0.3) is 0 Å². The van der Waals surface area contributed by atoms with Gasteiger partial charge in [-0.1, -0.05) is 77.9 Å². The molecule has 0 aliphatic carbocycles. The van der Waals surface area contributed by atoms with Crippen molar-refractivity contribution in [2.24, 2.45) is 0 Å². The monoisotopic (exact) mass is 371 g/mol. The lowest BCUT2D eigenvalue weighted by molar-refractivity contribution is 1.09. The van der Waals surface area contributed by atoms with Gasteiger partial charge < -0.3 is 4.98 Å². The van der Waals surface area contributed by atoms with E-state index in [0.717, 1.165) is 22.4 Å². The van der Waals surface area contributed by atoms with Crippen molar-refractivity contribution in [3.05, 3.63) is 75.6 Å². The molecule has 0 spiro atoms. The number of fused-ring (bicyclic) bond motifs is 1. The third-order valence-electron chi connectivity index (χ3n) is 3.82. The molecule has 1 N–H and O–H groups in total. The van der Waals surface area contributed by atoms with E-state index in [1.54, 1.807) is 12.3 Å². The molecule has 0 aliphatic rings. The van der Waals surface area contributed by atoms with Crippen LogP contribution in [0.5, 0.6) is 0 Å². The first kappa shape index (κ1) is 15.4. The Labute approximate surface area is 153 Å². The Morgan fingerprint density at radius 3 is 2.54 bits per heavy atom. The van der Waals surface area contributed by atoms with Crippen LogP contribution in [0.2, 0.25) is 10.0 Å².